The number of amides is 1. The van der Waals surface area contributed by atoms with E-state index in [0.29, 0.717) is 28.2 Å². The number of fused-ring (bicyclic) bond motifs is 1. The molecule has 2 heterocycles. The van der Waals surface area contributed by atoms with Gasteiger partial charge in [0.1, 0.15) is 4.83 Å². The number of hydrogen-bond donors (Lipinski definition) is 1. The Morgan fingerprint density at radius 1 is 1.23 bits per heavy atom. The molecule has 0 saturated carbocycles. The molecule has 0 saturated heterocycles. The maximum atomic E-state index is 12.6. The van der Waals surface area contributed by atoms with Crippen molar-refractivity contribution in [1.82, 2.24) is 14.9 Å². The molecule has 0 fully saturated rings. The Morgan fingerprint density at radius 2 is 1.97 bits per heavy atom. The Labute approximate surface area is 182 Å². The van der Waals surface area contributed by atoms with Gasteiger partial charge in [0.05, 0.1) is 18.1 Å². The normalized spacial score (nSPS) is 10.9. The highest BCUT2D eigenvalue weighted by Gasteiger charge is 2.13. The first-order chi connectivity index (χ1) is 14.3. The number of benzene rings is 1. The van der Waals surface area contributed by atoms with Gasteiger partial charge in [-0.1, -0.05) is 23.7 Å². The minimum Gasteiger partial charge on any atom is -0.456 e. The number of esters is 1. The van der Waals surface area contributed by atoms with Gasteiger partial charge < -0.3 is 10.1 Å². The van der Waals surface area contributed by atoms with Crippen LogP contribution in [0, 0.1) is 13.8 Å². The second-order valence-corrected chi connectivity index (χ2v) is 8.48. The summed E-state index contributed by atoms with van der Waals surface area (Å²) in [6.45, 7) is 4.06. The van der Waals surface area contributed by atoms with Gasteiger partial charge in [0.15, 0.2) is 6.61 Å². The zero-order valence-electron chi connectivity index (χ0n) is 16.7. The molecule has 158 valence electrons. The van der Waals surface area contributed by atoms with Crippen molar-refractivity contribution in [3.05, 3.63) is 62.0 Å². The average molecular weight is 448 g/mol. The highest BCUT2D eigenvalue weighted by atomic mass is 35.5. The number of nitrogens with one attached hydrogen (secondary N) is 1. The molecule has 7 nitrogen and oxygen atoms in total. The van der Waals surface area contributed by atoms with E-state index in [9.17, 15) is 14.4 Å². The molecule has 0 spiro atoms. The average Bonchev–Trinajstić information content (AvgIpc) is 3.02. The van der Waals surface area contributed by atoms with E-state index >= 15 is 0 Å². The summed E-state index contributed by atoms with van der Waals surface area (Å²) in [7, 11) is 0. The fraction of sp³-hybridized carbons (Fsp3) is 0.333. The van der Waals surface area contributed by atoms with Crippen LogP contribution in [0.2, 0.25) is 5.02 Å². The first-order valence-corrected chi connectivity index (χ1v) is 10.7. The second-order valence-electron chi connectivity index (χ2n) is 6.84. The molecule has 0 atom stereocenters. The van der Waals surface area contributed by atoms with Crippen LogP contribution in [0.5, 0.6) is 0 Å². The van der Waals surface area contributed by atoms with Crippen LogP contribution >= 0.6 is 22.9 Å². The van der Waals surface area contributed by atoms with Gasteiger partial charge >= 0.3 is 5.97 Å². The molecule has 0 bridgehead atoms. The van der Waals surface area contributed by atoms with Crippen LogP contribution in [-0.2, 0) is 27.3 Å². The van der Waals surface area contributed by atoms with E-state index < -0.39 is 5.97 Å². The molecule has 9 heteroatoms. The number of halogens is 1. The predicted octanol–water partition coefficient (Wildman–Crippen LogP) is 3.02. The van der Waals surface area contributed by atoms with Gasteiger partial charge in [-0.15, -0.1) is 11.3 Å². The van der Waals surface area contributed by atoms with E-state index in [1.165, 1.54) is 22.2 Å². The van der Waals surface area contributed by atoms with E-state index in [1.54, 1.807) is 12.1 Å². The molecule has 0 radical (unpaired) electrons. The number of aryl methyl sites for hydroxylation is 3. The van der Waals surface area contributed by atoms with Crippen molar-refractivity contribution in [3.63, 3.8) is 0 Å². The van der Waals surface area contributed by atoms with Crippen LogP contribution in [0.4, 0.5) is 0 Å². The lowest BCUT2D eigenvalue weighted by atomic mass is 10.1. The van der Waals surface area contributed by atoms with Crippen LogP contribution in [0.1, 0.15) is 22.4 Å². The van der Waals surface area contributed by atoms with Gasteiger partial charge in [-0.3, -0.25) is 19.0 Å². The Balaban J connectivity index is 1.42. The van der Waals surface area contributed by atoms with Crippen molar-refractivity contribution in [2.45, 2.75) is 33.2 Å². The molecular formula is C21H22ClN3O4S. The van der Waals surface area contributed by atoms with Gasteiger partial charge in [0.25, 0.3) is 11.5 Å². The van der Waals surface area contributed by atoms with Crippen molar-refractivity contribution in [3.8, 4) is 0 Å². The number of rotatable bonds is 8. The number of carbonyl (C=O) groups excluding carboxylic acids is 2. The van der Waals surface area contributed by atoms with Crippen molar-refractivity contribution in [1.29, 1.82) is 0 Å². The van der Waals surface area contributed by atoms with E-state index in [-0.39, 0.29) is 31.0 Å². The molecule has 0 aliphatic carbocycles. The number of carbonyl (C=O) groups is 2. The number of hydrogen-bond acceptors (Lipinski definition) is 6. The van der Waals surface area contributed by atoms with Crippen LogP contribution in [0.15, 0.2) is 35.4 Å². The number of aromatic nitrogens is 2. The summed E-state index contributed by atoms with van der Waals surface area (Å²) in [4.78, 5) is 42.4. The third kappa shape index (κ3) is 5.46. The summed E-state index contributed by atoms with van der Waals surface area (Å²) in [6.07, 6.45) is 2.07. The topological polar surface area (TPSA) is 90.3 Å². The maximum Gasteiger partial charge on any atom is 0.308 e. The Bertz CT molecular complexity index is 1120. The third-order valence-corrected chi connectivity index (χ3v) is 6.09. The second kappa shape index (κ2) is 9.86. The minimum atomic E-state index is -0.548. The lowest BCUT2D eigenvalue weighted by Gasteiger charge is -2.08. The smallest absolute Gasteiger partial charge is 0.308 e. The molecule has 0 unspecified atom stereocenters. The van der Waals surface area contributed by atoms with E-state index in [2.05, 4.69) is 10.3 Å². The largest absolute Gasteiger partial charge is 0.456 e. The van der Waals surface area contributed by atoms with Crippen molar-refractivity contribution < 1.29 is 14.3 Å². The molecule has 3 aromatic rings. The van der Waals surface area contributed by atoms with Crippen molar-refractivity contribution in [2.24, 2.45) is 0 Å². The van der Waals surface area contributed by atoms with Gasteiger partial charge in [-0.2, -0.15) is 0 Å². The van der Waals surface area contributed by atoms with Crippen LogP contribution in [0.25, 0.3) is 10.2 Å². The molecule has 30 heavy (non-hydrogen) atoms. The molecule has 1 aromatic carbocycles. The summed E-state index contributed by atoms with van der Waals surface area (Å²) in [5.41, 5.74) is 1.79. The first-order valence-electron chi connectivity index (χ1n) is 9.47. The summed E-state index contributed by atoms with van der Waals surface area (Å²) < 4.78 is 6.39. The lowest BCUT2D eigenvalue weighted by molar-refractivity contribution is -0.148. The number of ether oxygens (including phenoxy) is 1. The van der Waals surface area contributed by atoms with Gasteiger partial charge in [-0.25, -0.2) is 4.98 Å². The molecule has 3 rings (SSSR count). The Morgan fingerprint density at radius 3 is 2.70 bits per heavy atom. The van der Waals surface area contributed by atoms with E-state index in [1.807, 2.05) is 26.0 Å². The lowest BCUT2D eigenvalue weighted by Crippen LogP contribution is -2.30. The van der Waals surface area contributed by atoms with E-state index in [4.69, 9.17) is 16.3 Å². The van der Waals surface area contributed by atoms with E-state index in [0.717, 1.165) is 16.0 Å². The molecule has 0 aliphatic heterocycles. The Kier molecular flexibility index (Phi) is 7.23. The molecule has 2 aromatic heterocycles. The molecule has 0 aliphatic rings. The molecular weight excluding hydrogens is 426 g/mol. The molecule has 1 amide bonds. The minimum absolute atomic E-state index is 0.0205. The fourth-order valence-corrected chi connectivity index (χ4v) is 4.02. The van der Waals surface area contributed by atoms with Gasteiger partial charge in [0, 0.05) is 23.0 Å². The number of nitrogens with zero attached hydrogens (tertiary/aromatic N) is 2. The van der Waals surface area contributed by atoms with Crippen LogP contribution < -0.4 is 10.9 Å². The monoisotopic (exact) mass is 447 g/mol. The summed E-state index contributed by atoms with van der Waals surface area (Å²) in [5.74, 6) is -0.921. The predicted molar refractivity (Wildman–Crippen MR) is 117 cm³/mol. The highest BCUT2D eigenvalue weighted by molar-refractivity contribution is 7.18. The Hall–Kier alpha value is -2.71. The first kappa shape index (κ1) is 22.0. The van der Waals surface area contributed by atoms with Gasteiger partial charge in [-0.05, 0) is 43.5 Å². The number of thiophene rings is 1. The molecule has 1 N–H and O–H groups in total. The van der Waals surface area contributed by atoms with Crippen molar-refractivity contribution in [2.75, 3.05) is 13.2 Å². The zero-order chi connectivity index (χ0) is 21.7. The standard InChI is InChI=1S/C21H22ClN3O4S/c1-13-14(2)30-20-19(13)21(28)25(12-24-20)10-8-18(27)29-11-17(26)23-9-7-15-3-5-16(22)6-4-15/h3-6,12H,7-11H2,1-2H3,(H,23,26). The summed E-state index contributed by atoms with van der Waals surface area (Å²) in [5, 5.41) is 3.95. The summed E-state index contributed by atoms with van der Waals surface area (Å²) in [6, 6.07) is 7.36. The zero-order valence-corrected chi connectivity index (χ0v) is 18.3. The quantitative estimate of drug-likeness (QED) is 0.536. The maximum absolute atomic E-state index is 12.6. The van der Waals surface area contributed by atoms with Crippen LogP contribution in [-0.4, -0.2) is 34.6 Å². The third-order valence-electron chi connectivity index (χ3n) is 4.73. The van der Waals surface area contributed by atoms with Gasteiger partial charge in [0.2, 0.25) is 0 Å². The van der Waals surface area contributed by atoms with Crippen molar-refractivity contribution >= 4 is 45.0 Å². The van der Waals surface area contributed by atoms with Crippen LogP contribution in [0.3, 0.4) is 0 Å². The summed E-state index contributed by atoms with van der Waals surface area (Å²) >= 11 is 7.31. The highest BCUT2D eigenvalue weighted by Crippen LogP contribution is 2.25. The fourth-order valence-electron chi connectivity index (χ4n) is 2.91. The SMILES string of the molecule is Cc1sc2ncn(CCC(=O)OCC(=O)NCCc3ccc(Cl)cc3)c(=O)c2c1C.